The van der Waals surface area contributed by atoms with Gasteiger partial charge in [0.15, 0.2) is 0 Å². The molecule has 1 aromatic heterocycles. The number of aromatic carboxylic acids is 1. The van der Waals surface area contributed by atoms with E-state index in [9.17, 15) is 9.18 Å². The Balaban J connectivity index is 2.37. The second-order valence-corrected chi connectivity index (χ2v) is 2.98. The lowest BCUT2D eigenvalue weighted by molar-refractivity contribution is 0.0663. The highest BCUT2D eigenvalue weighted by Gasteiger charge is 2.09. The van der Waals surface area contributed by atoms with E-state index in [1.165, 1.54) is 36.4 Å². The van der Waals surface area contributed by atoms with Gasteiger partial charge in [0, 0.05) is 5.56 Å². The Morgan fingerprint density at radius 1 is 1.13 bits per heavy atom. The van der Waals surface area contributed by atoms with Gasteiger partial charge in [-0.3, -0.25) is 0 Å². The van der Waals surface area contributed by atoms with Crippen LogP contribution in [0, 0.1) is 5.82 Å². The van der Waals surface area contributed by atoms with Gasteiger partial charge in [0.05, 0.1) is 0 Å². The van der Waals surface area contributed by atoms with Gasteiger partial charge in [-0.25, -0.2) is 9.18 Å². The summed E-state index contributed by atoms with van der Waals surface area (Å²) in [6, 6.07) is 8.54. The van der Waals surface area contributed by atoms with Crippen molar-refractivity contribution in [3.63, 3.8) is 0 Å². The lowest BCUT2D eigenvalue weighted by atomic mass is 10.2. The van der Waals surface area contributed by atoms with Gasteiger partial charge in [-0.2, -0.15) is 0 Å². The van der Waals surface area contributed by atoms with Crippen molar-refractivity contribution in [2.75, 3.05) is 0 Å². The first-order valence-electron chi connectivity index (χ1n) is 4.26. The topological polar surface area (TPSA) is 50.4 Å². The number of benzene rings is 1. The van der Waals surface area contributed by atoms with Crippen molar-refractivity contribution < 1.29 is 18.7 Å². The van der Waals surface area contributed by atoms with Crippen molar-refractivity contribution in [3.05, 3.63) is 48.0 Å². The number of carbonyl (C=O) groups is 1. The van der Waals surface area contributed by atoms with E-state index >= 15 is 0 Å². The minimum Gasteiger partial charge on any atom is -0.475 e. The molecular formula is C11H7FO3. The maximum atomic E-state index is 12.6. The highest BCUT2D eigenvalue weighted by Crippen LogP contribution is 2.22. The molecular weight excluding hydrogens is 199 g/mol. The quantitative estimate of drug-likeness (QED) is 0.821. The van der Waals surface area contributed by atoms with Crippen LogP contribution in [-0.4, -0.2) is 11.1 Å². The zero-order valence-corrected chi connectivity index (χ0v) is 7.61. The second kappa shape index (κ2) is 3.57. The summed E-state index contributed by atoms with van der Waals surface area (Å²) in [6.07, 6.45) is 0. The molecule has 0 saturated heterocycles. The van der Waals surface area contributed by atoms with E-state index in [0.717, 1.165) is 0 Å². The van der Waals surface area contributed by atoms with E-state index in [2.05, 4.69) is 0 Å². The Kier molecular flexibility index (Phi) is 2.25. The highest BCUT2D eigenvalue weighted by molar-refractivity contribution is 5.85. The molecule has 0 radical (unpaired) electrons. The minimum atomic E-state index is -1.12. The zero-order chi connectivity index (χ0) is 10.8. The number of rotatable bonds is 2. The van der Waals surface area contributed by atoms with Gasteiger partial charge >= 0.3 is 5.97 Å². The summed E-state index contributed by atoms with van der Waals surface area (Å²) in [5, 5.41) is 8.64. The molecule has 15 heavy (non-hydrogen) atoms. The average molecular weight is 206 g/mol. The molecule has 1 aromatic carbocycles. The predicted octanol–water partition coefficient (Wildman–Crippen LogP) is 2.78. The summed E-state index contributed by atoms with van der Waals surface area (Å²) in [6.45, 7) is 0. The van der Waals surface area contributed by atoms with E-state index in [4.69, 9.17) is 9.52 Å². The molecule has 0 amide bonds. The number of carboxylic acids is 1. The van der Waals surface area contributed by atoms with Gasteiger partial charge in [0.2, 0.25) is 5.76 Å². The summed E-state index contributed by atoms with van der Waals surface area (Å²) in [7, 11) is 0. The Labute approximate surface area is 84.8 Å². The molecule has 76 valence electrons. The number of furan rings is 1. The Hall–Kier alpha value is -2.10. The van der Waals surface area contributed by atoms with Crippen LogP contribution in [0.25, 0.3) is 11.3 Å². The lowest BCUT2D eigenvalue weighted by Gasteiger charge is -1.95. The first-order chi connectivity index (χ1) is 7.16. The molecule has 3 nitrogen and oxygen atoms in total. The molecule has 0 bridgehead atoms. The van der Waals surface area contributed by atoms with Crippen molar-refractivity contribution >= 4 is 5.97 Å². The van der Waals surface area contributed by atoms with Crippen LogP contribution in [0.3, 0.4) is 0 Å². The van der Waals surface area contributed by atoms with E-state index in [0.29, 0.717) is 11.3 Å². The largest absolute Gasteiger partial charge is 0.475 e. The van der Waals surface area contributed by atoms with Crippen LogP contribution < -0.4 is 0 Å². The third kappa shape index (κ3) is 1.88. The van der Waals surface area contributed by atoms with Gasteiger partial charge < -0.3 is 9.52 Å². The highest BCUT2D eigenvalue weighted by atomic mass is 19.1. The zero-order valence-electron chi connectivity index (χ0n) is 7.61. The van der Waals surface area contributed by atoms with Gasteiger partial charge in [0.1, 0.15) is 11.6 Å². The number of halogens is 1. The predicted molar refractivity (Wildman–Crippen MR) is 51.1 cm³/mol. The van der Waals surface area contributed by atoms with Crippen LogP contribution in [-0.2, 0) is 0 Å². The molecule has 0 aliphatic rings. The summed E-state index contributed by atoms with van der Waals surface area (Å²) in [5.41, 5.74) is 0.643. The van der Waals surface area contributed by atoms with E-state index in [1.807, 2.05) is 0 Å². The van der Waals surface area contributed by atoms with Crippen molar-refractivity contribution in [2.24, 2.45) is 0 Å². The molecule has 0 atom stereocenters. The first kappa shape index (κ1) is 9.45. The summed E-state index contributed by atoms with van der Waals surface area (Å²) in [4.78, 5) is 10.5. The lowest BCUT2D eigenvalue weighted by Crippen LogP contribution is -1.91. The van der Waals surface area contributed by atoms with E-state index in [-0.39, 0.29) is 11.6 Å². The smallest absolute Gasteiger partial charge is 0.371 e. The van der Waals surface area contributed by atoms with Crippen LogP contribution in [0.4, 0.5) is 4.39 Å². The Morgan fingerprint density at radius 3 is 2.33 bits per heavy atom. The molecule has 2 rings (SSSR count). The molecule has 0 aliphatic heterocycles. The molecule has 0 unspecified atom stereocenters. The van der Waals surface area contributed by atoms with E-state index in [1.54, 1.807) is 0 Å². The van der Waals surface area contributed by atoms with Gasteiger partial charge in [-0.05, 0) is 36.4 Å². The van der Waals surface area contributed by atoms with Crippen LogP contribution in [0.1, 0.15) is 10.6 Å². The van der Waals surface area contributed by atoms with Crippen molar-refractivity contribution in [2.45, 2.75) is 0 Å². The molecule has 1 N–H and O–H groups in total. The molecule has 0 aliphatic carbocycles. The van der Waals surface area contributed by atoms with Crippen molar-refractivity contribution in [3.8, 4) is 11.3 Å². The van der Waals surface area contributed by atoms with E-state index < -0.39 is 5.97 Å². The van der Waals surface area contributed by atoms with Gasteiger partial charge in [-0.15, -0.1) is 0 Å². The first-order valence-corrected chi connectivity index (χ1v) is 4.26. The van der Waals surface area contributed by atoms with Gasteiger partial charge in [-0.1, -0.05) is 0 Å². The van der Waals surface area contributed by atoms with Crippen LogP contribution in [0.15, 0.2) is 40.8 Å². The molecule has 0 saturated carbocycles. The molecule has 0 spiro atoms. The fourth-order valence-corrected chi connectivity index (χ4v) is 1.22. The van der Waals surface area contributed by atoms with Crippen molar-refractivity contribution in [1.29, 1.82) is 0 Å². The Morgan fingerprint density at radius 2 is 1.80 bits per heavy atom. The fraction of sp³-hybridized carbons (Fsp3) is 0. The van der Waals surface area contributed by atoms with Crippen LogP contribution in [0.5, 0.6) is 0 Å². The fourth-order valence-electron chi connectivity index (χ4n) is 1.22. The summed E-state index contributed by atoms with van der Waals surface area (Å²) >= 11 is 0. The van der Waals surface area contributed by atoms with Gasteiger partial charge in [0.25, 0.3) is 0 Å². The number of hydrogen-bond donors (Lipinski definition) is 1. The molecule has 1 heterocycles. The van der Waals surface area contributed by atoms with Crippen LogP contribution >= 0.6 is 0 Å². The maximum Gasteiger partial charge on any atom is 0.371 e. The number of hydrogen-bond acceptors (Lipinski definition) is 2. The molecule has 4 heteroatoms. The molecule has 2 aromatic rings. The normalized spacial score (nSPS) is 10.2. The minimum absolute atomic E-state index is 0.130. The maximum absolute atomic E-state index is 12.6. The van der Waals surface area contributed by atoms with Crippen molar-refractivity contribution in [1.82, 2.24) is 0 Å². The summed E-state index contributed by atoms with van der Waals surface area (Å²) < 4.78 is 17.7. The Bertz CT molecular complexity index is 485. The average Bonchev–Trinajstić information content (AvgIpc) is 2.68. The third-order valence-corrected chi connectivity index (χ3v) is 1.95. The second-order valence-electron chi connectivity index (χ2n) is 2.98. The third-order valence-electron chi connectivity index (χ3n) is 1.95. The monoisotopic (exact) mass is 206 g/mol. The standard InChI is InChI=1S/C11H7FO3/c12-8-3-1-7(2-4-8)9-5-6-10(15-9)11(13)14/h1-6H,(H,13,14). The SMILES string of the molecule is O=C(O)c1ccc(-c2ccc(F)cc2)o1. The number of carboxylic acid groups (broad SMARTS) is 1. The summed E-state index contributed by atoms with van der Waals surface area (Å²) in [5.74, 6) is -1.19. The van der Waals surface area contributed by atoms with Crippen LogP contribution in [0.2, 0.25) is 0 Å². The molecule has 0 fully saturated rings.